The van der Waals surface area contributed by atoms with Gasteiger partial charge in [0.15, 0.2) is 0 Å². The Balaban J connectivity index is 2.27. The van der Waals surface area contributed by atoms with E-state index in [9.17, 15) is 9.90 Å². The van der Waals surface area contributed by atoms with Crippen LogP contribution < -0.4 is 0 Å². The van der Waals surface area contributed by atoms with Crippen molar-refractivity contribution < 1.29 is 9.90 Å². The molecule has 1 aromatic rings. The summed E-state index contributed by atoms with van der Waals surface area (Å²) < 4.78 is 0. The average Bonchev–Trinajstić information content (AvgIpc) is 2.79. The van der Waals surface area contributed by atoms with Gasteiger partial charge in [-0.3, -0.25) is 4.79 Å². The predicted octanol–water partition coefficient (Wildman–Crippen LogP) is 4.82. The third-order valence-electron chi connectivity index (χ3n) is 4.28. The molecule has 0 heterocycles. The number of aliphatic carboxylic acids is 1. The second-order valence-corrected chi connectivity index (χ2v) is 6.36. The van der Waals surface area contributed by atoms with Gasteiger partial charge in [0.05, 0.1) is 5.41 Å². The number of hydrogen-bond acceptors (Lipinski definition) is 1. The van der Waals surface area contributed by atoms with Crippen LogP contribution in [0.2, 0.25) is 10.0 Å². The van der Waals surface area contributed by atoms with Crippen LogP contribution in [0, 0.1) is 11.3 Å². The van der Waals surface area contributed by atoms with Crippen molar-refractivity contribution >= 4 is 29.2 Å². The molecular weight excluding hydrogens is 283 g/mol. The molecule has 1 saturated carbocycles. The van der Waals surface area contributed by atoms with Crippen LogP contribution in [0.15, 0.2) is 18.2 Å². The minimum Gasteiger partial charge on any atom is -0.481 e. The predicted molar refractivity (Wildman–Crippen MR) is 77.9 cm³/mol. The third kappa shape index (κ3) is 3.06. The first-order chi connectivity index (χ1) is 8.97. The van der Waals surface area contributed by atoms with Crippen molar-refractivity contribution in [2.24, 2.45) is 11.3 Å². The molecule has 1 aromatic carbocycles. The normalized spacial score (nSPS) is 26.6. The monoisotopic (exact) mass is 300 g/mol. The maximum Gasteiger partial charge on any atom is 0.309 e. The van der Waals surface area contributed by atoms with E-state index in [1.54, 1.807) is 18.2 Å². The van der Waals surface area contributed by atoms with Crippen molar-refractivity contribution in [1.29, 1.82) is 0 Å². The van der Waals surface area contributed by atoms with Crippen LogP contribution in [0.25, 0.3) is 0 Å². The first-order valence-corrected chi connectivity index (χ1v) is 7.40. The molecule has 104 valence electrons. The van der Waals surface area contributed by atoms with Crippen molar-refractivity contribution in [2.75, 3.05) is 0 Å². The maximum absolute atomic E-state index is 11.7. The smallest absolute Gasteiger partial charge is 0.309 e. The minimum absolute atomic E-state index is 0.470. The van der Waals surface area contributed by atoms with Gasteiger partial charge >= 0.3 is 5.97 Å². The molecule has 1 N–H and O–H groups in total. The highest BCUT2D eigenvalue weighted by Crippen LogP contribution is 2.46. The Bertz CT molecular complexity index is 487. The molecule has 2 nitrogen and oxygen atoms in total. The quantitative estimate of drug-likeness (QED) is 0.866. The average molecular weight is 301 g/mol. The number of rotatable bonds is 4. The van der Waals surface area contributed by atoms with Gasteiger partial charge in [-0.15, -0.1) is 0 Å². The first-order valence-electron chi connectivity index (χ1n) is 6.64. The van der Waals surface area contributed by atoms with E-state index in [1.807, 2.05) is 0 Å². The van der Waals surface area contributed by atoms with Gasteiger partial charge in [0.1, 0.15) is 0 Å². The molecule has 0 bridgehead atoms. The minimum atomic E-state index is -0.709. The molecule has 4 heteroatoms. The van der Waals surface area contributed by atoms with Crippen LogP contribution in [-0.4, -0.2) is 11.1 Å². The largest absolute Gasteiger partial charge is 0.481 e. The summed E-state index contributed by atoms with van der Waals surface area (Å²) in [6.45, 7) is 2.12. The topological polar surface area (TPSA) is 37.3 Å². The Hall–Kier alpha value is -0.730. The van der Waals surface area contributed by atoms with Crippen LogP contribution in [0.3, 0.4) is 0 Å². The van der Waals surface area contributed by atoms with Gasteiger partial charge in [-0.25, -0.2) is 0 Å². The zero-order valence-electron chi connectivity index (χ0n) is 11.0. The number of carboxylic acid groups (broad SMARTS) is 1. The summed E-state index contributed by atoms with van der Waals surface area (Å²) in [4.78, 5) is 11.7. The van der Waals surface area contributed by atoms with E-state index in [0.717, 1.165) is 31.2 Å². The fourth-order valence-corrected chi connectivity index (χ4v) is 3.44. The van der Waals surface area contributed by atoms with Crippen molar-refractivity contribution in [2.45, 2.75) is 39.0 Å². The van der Waals surface area contributed by atoms with E-state index in [1.165, 1.54) is 0 Å². The maximum atomic E-state index is 11.7. The summed E-state index contributed by atoms with van der Waals surface area (Å²) in [5.74, 6) is -0.200. The van der Waals surface area contributed by atoms with Crippen molar-refractivity contribution in [3.63, 3.8) is 0 Å². The van der Waals surface area contributed by atoms with E-state index < -0.39 is 11.4 Å². The zero-order chi connectivity index (χ0) is 14.0. The van der Waals surface area contributed by atoms with Gasteiger partial charge < -0.3 is 5.11 Å². The van der Waals surface area contributed by atoms with Gasteiger partial charge in [0, 0.05) is 10.0 Å². The van der Waals surface area contributed by atoms with E-state index >= 15 is 0 Å². The van der Waals surface area contributed by atoms with Crippen molar-refractivity contribution in [3.05, 3.63) is 33.8 Å². The van der Waals surface area contributed by atoms with Crippen LogP contribution in [0.5, 0.6) is 0 Å². The Morgan fingerprint density at radius 1 is 1.47 bits per heavy atom. The number of benzene rings is 1. The van der Waals surface area contributed by atoms with E-state index in [-0.39, 0.29) is 0 Å². The molecule has 0 spiro atoms. The lowest BCUT2D eigenvalue weighted by Crippen LogP contribution is -2.31. The Morgan fingerprint density at radius 3 is 2.79 bits per heavy atom. The molecule has 2 rings (SSSR count). The Labute approximate surface area is 123 Å². The van der Waals surface area contributed by atoms with Crippen molar-refractivity contribution in [1.82, 2.24) is 0 Å². The molecule has 0 amide bonds. The summed E-state index contributed by atoms with van der Waals surface area (Å²) in [7, 11) is 0. The molecule has 0 aromatic heterocycles. The number of halogens is 2. The first kappa shape index (κ1) is 14.7. The highest BCUT2D eigenvalue weighted by atomic mass is 35.5. The highest BCUT2D eigenvalue weighted by molar-refractivity contribution is 6.33. The molecule has 0 saturated heterocycles. The third-order valence-corrected chi connectivity index (χ3v) is 4.88. The lowest BCUT2D eigenvalue weighted by Gasteiger charge is -2.25. The Morgan fingerprint density at radius 2 is 2.21 bits per heavy atom. The number of hydrogen-bond donors (Lipinski definition) is 1. The molecule has 1 fully saturated rings. The summed E-state index contributed by atoms with van der Waals surface area (Å²) in [6.07, 6.45) is 3.96. The van der Waals surface area contributed by atoms with Crippen LogP contribution in [0.1, 0.15) is 38.2 Å². The molecule has 2 atom stereocenters. The molecule has 19 heavy (non-hydrogen) atoms. The van der Waals surface area contributed by atoms with Gasteiger partial charge in [-0.1, -0.05) is 36.5 Å². The molecule has 2 unspecified atom stereocenters. The van der Waals surface area contributed by atoms with Gasteiger partial charge in [-0.05, 0) is 55.4 Å². The van der Waals surface area contributed by atoms with Crippen LogP contribution in [-0.2, 0) is 11.2 Å². The fraction of sp³-hybridized carbons (Fsp3) is 0.533. The SMILES string of the molecule is CCC1CCC(Cc2cc(Cl)ccc2Cl)(C(=O)O)C1. The summed E-state index contributed by atoms with van der Waals surface area (Å²) in [5.41, 5.74) is 0.169. The molecule has 1 aliphatic rings. The summed E-state index contributed by atoms with van der Waals surface area (Å²) in [5, 5.41) is 10.8. The summed E-state index contributed by atoms with van der Waals surface area (Å²) >= 11 is 12.1. The molecular formula is C15H18Cl2O2. The van der Waals surface area contributed by atoms with Gasteiger partial charge in [-0.2, -0.15) is 0 Å². The van der Waals surface area contributed by atoms with E-state index in [2.05, 4.69) is 6.92 Å². The highest BCUT2D eigenvalue weighted by Gasteiger charge is 2.45. The van der Waals surface area contributed by atoms with Crippen LogP contribution in [0.4, 0.5) is 0 Å². The molecule has 0 radical (unpaired) electrons. The fourth-order valence-electron chi connectivity index (χ4n) is 3.06. The lowest BCUT2D eigenvalue weighted by molar-refractivity contribution is -0.148. The Kier molecular flexibility index (Phi) is 4.42. The zero-order valence-corrected chi connectivity index (χ0v) is 12.5. The summed E-state index contributed by atoms with van der Waals surface area (Å²) in [6, 6.07) is 5.25. The van der Waals surface area contributed by atoms with Gasteiger partial charge in [0.25, 0.3) is 0 Å². The second kappa shape index (κ2) is 5.72. The van der Waals surface area contributed by atoms with E-state index in [0.29, 0.717) is 22.4 Å². The van der Waals surface area contributed by atoms with E-state index in [4.69, 9.17) is 23.2 Å². The standard InChI is InChI=1S/C15H18Cl2O2/c1-2-10-5-6-15(8-10,14(18)19)9-11-7-12(16)3-4-13(11)17/h3-4,7,10H,2,5-6,8-9H2,1H3,(H,18,19). The second-order valence-electron chi connectivity index (χ2n) is 5.52. The molecule has 1 aliphatic carbocycles. The molecule has 0 aliphatic heterocycles. The number of carbonyl (C=O) groups is 1. The lowest BCUT2D eigenvalue weighted by atomic mass is 9.79. The number of carboxylic acids is 1. The van der Waals surface area contributed by atoms with Crippen LogP contribution >= 0.6 is 23.2 Å². The van der Waals surface area contributed by atoms with Crippen molar-refractivity contribution in [3.8, 4) is 0 Å². The van der Waals surface area contributed by atoms with Gasteiger partial charge in [0.2, 0.25) is 0 Å².